The van der Waals surface area contributed by atoms with Gasteiger partial charge in [-0.3, -0.25) is 9.78 Å². The molecule has 0 spiro atoms. The Hall–Kier alpha value is -3.20. The zero-order valence-electron chi connectivity index (χ0n) is 13.1. The first-order valence-corrected chi connectivity index (χ1v) is 7.91. The molecule has 1 amide bonds. The van der Waals surface area contributed by atoms with E-state index < -0.39 is 0 Å². The molecule has 0 saturated heterocycles. The van der Waals surface area contributed by atoms with Crippen molar-refractivity contribution < 1.29 is 4.79 Å². The molecule has 24 heavy (non-hydrogen) atoms. The summed E-state index contributed by atoms with van der Waals surface area (Å²) in [5, 5.41) is 6.24. The second kappa shape index (κ2) is 6.13. The molecule has 0 aliphatic carbocycles. The highest BCUT2D eigenvalue weighted by Gasteiger charge is 2.09. The molecule has 1 heterocycles. The predicted molar refractivity (Wildman–Crippen MR) is 98.0 cm³/mol. The van der Waals surface area contributed by atoms with Gasteiger partial charge in [0, 0.05) is 22.7 Å². The average molecular weight is 312 g/mol. The van der Waals surface area contributed by atoms with Crippen LogP contribution in [0.5, 0.6) is 0 Å². The number of amides is 1. The van der Waals surface area contributed by atoms with Crippen molar-refractivity contribution >= 4 is 33.3 Å². The lowest BCUT2D eigenvalue weighted by molar-refractivity contribution is -0.115. The highest BCUT2D eigenvalue weighted by molar-refractivity contribution is 6.03. The van der Waals surface area contributed by atoms with Crippen LogP contribution in [0.25, 0.3) is 21.7 Å². The van der Waals surface area contributed by atoms with Crippen molar-refractivity contribution in [1.29, 1.82) is 0 Å². The Bertz CT molecular complexity index is 946. The van der Waals surface area contributed by atoms with Crippen molar-refractivity contribution in [1.82, 2.24) is 4.98 Å². The molecule has 116 valence electrons. The van der Waals surface area contributed by atoms with Crippen molar-refractivity contribution in [2.75, 3.05) is 5.32 Å². The van der Waals surface area contributed by atoms with Crippen molar-refractivity contribution in [3.05, 3.63) is 84.6 Å². The van der Waals surface area contributed by atoms with Gasteiger partial charge < -0.3 is 5.32 Å². The van der Waals surface area contributed by atoms with Crippen LogP contribution in [-0.2, 0) is 11.2 Å². The van der Waals surface area contributed by atoms with Crippen molar-refractivity contribution in [3.8, 4) is 0 Å². The maximum absolute atomic E-state index is 12.5. The van der Waals surface area contributed by atoms with Gasteiger partial charge in [-0.2, -0.15) is 0 Å². The summed E-state index contributed by atoms with van der Waals surface area (Å²) in [4.78, 5) is 16.9. The van der Waals surface area contributed by atoms with Crippen LogP contribution in [0.1, 0.15) is 5.56 Å². The maximum Gasteiger partial charge on any atom is 0.228 e. The Labute approximate surface area is 140 Å². The van der Waals surface area contributed by atoms with Crippen LogP contribution in [0.2, 0.25) is 0 Å². The van der Waals surface area contributed by atoms with Gasteiger partial charge >= 0.3 is 0 Å². The molecule has 0 radical (unpaired) electrons. The quantitative estimate of drug-likeness (QED) is 0.602. The number of benzene rings is 3. The van der Waals surface area contributed by atoms with E-state index in [1.165, 1.54) is 0 Å². The summed E-state index contributed by atoms with van der Waals surface area (Å²) >= 11 is 0. The number of anilines is 1. The van der Waals surface area contributed by atoms with Gasteiger partial charge in [0.2, 0.25) is 5.91 Å². The molecule has 0 bridgehead atoms. The van der Waals surface area contributed by atoms with Gasteiger partial charge in [0.15, 0.2) is 0 Å². The number of aromatic nitrogens is 1. The standard InChI is InChI=1S/C21H16N2O/c24-20(14-17-9-3-8-16-10-5-13-22-21(16)17)23-19-12-4-7-15-6-1-2-11-18(15)19/h1-13H,14H2,(H,23,24). The normalized spacial score (nSPS) is 10.8. The number of fused-ring (bicyclic) bond motifs is 2. The summed E-state index contributed by atoms with van der Waals surface area (Å²) in [6, 6.07) is 23.8. The number of pyridine rings is 1. The number of nitrogens with one attached hydrogen (secondary N) is 1. The Morgan fingerprint density at radius 2 is 1.58 bits per heavy atom. The largest absolute Gasteiger partial charge is 0.325 e. The van der Waals surface area contributed by atoms with Crippen LogP contribution < -0.4 is 5.32 Å². The monoisotopic (exact) mass is 312 g/mol. The number of rotatable bonds is 3. The minimum Gasteiger partial charge on any atom is -0.325 e. The second-order valence-electron chi connectivity index (χ2n) is 5.74. The molecule has 1 N–H and O–H groups in total. The lowest BCUT2D eigenvalue weighted by atomic mass is 10.1. The summed E-state index contributed by atoms with van der Waals surface area (Å²) in [7, 11) is 0. The molecule has 0 atom stereocenters. The van der Waals surface area contributed by atoms with Gasteiger partial charge in [0.05, 0.1) is 11.9 Å². The number of para-hydroxylation sites is 1. The Balaban J connectivity index is 1.62. The number of hydrogen-bond donors (Lipinski definition) is 1. The van der Waals surface area contributed by atoms with Crippen molar-refractivity contribution in [3.63, 3.8) is 0 Å². The third-order valence-corrected chi connectivity index (χ3v) is 4.13. The first-order valence-electron chi connectivity index (χ1n) is 7.91. The topological polar surface area (TPSA) is 42.0 Å². The smallest absolute Gasteiger partial charge is 0.228 e. The molecule has 0 aliphatic rings. The maximum atomic E-state index is 12.5. The first-order chi connectivity index (χ1) is 11.8. The molecule has 3 aromatic carbocycles. The van der Waals surface area contributed by atoms with E-state index in [1.54, 1.807) is 6.20 Å². The van der Waals surface area contributed by atoms with Gasteiger partial charge in [-0.1, -0.05) is 60.7 Å². The van der Waals surface area contributed by atoms with E-state index in [-0.39, 0.29) is 5.91 Å². The average Bonchev–Trinajstić information content (AvgIpc) is 2.62. The van der Waals surface area contributed by atoms with Crippen LogP contribution in [0, 0.1) is 0 Å². The lowest BCUT2D eigenvalue weighted by Gasteiger charge is -2.10. The molecule has 0 fully saturated rings. The first kappa shape index (κ1) is 14.4. The third kappa shape index (κ3) is 2.72. The molecule has 0 unspecified atom stereocenters. The Morgan fingerprint density at radius 1 is 0.833 bits per heavy atom. The fraction of sp³-hybridized carbons (Fsp3) is 0.0476. The number of carbonyl (C=O) groups excluding carboxylic acids is 1. The summed E-state index contributed by atoms with van der Waals surface area (Å²) in [6.07, 6.45) is 2.06. The minimum absolute atomic E-state index is 0.0375. The van der Waals surface area contributed by atoms with Crippen LogP contribution in [0.15, 0.2) is 79.0 Å². The van der Waals surface area contributed by atoms with E-state index in [0.29, 0.717) is 6.42 Å². The fourth-order valence-electron chi connectivity index (χ4n) is 3.01. The van der Waals surface area contributed by atoms with E-state index in [9.17, 15) is 4.79 Å². The van der Waals surface area contributed by atoms with Crippen LogP contribution in [0.3, 0.4) is 0 Å². The van der Waals surface area contributed by atoms with Crippen molar-refractivity contribution in [2.45, 2.75) is 6.42 Å². The van der Waals surface area contributed by atoms with E-state index in [1.807, 2.05) is 72.8 Å². The lowest BCUT2D eigenvalue weighted by Crippen LogP contribution is -2.15. The number of nitrogens with zero attached hydrogens (tertiary/aromatic N) is 1. The molecule has 1 aromatic heterocycles. The van der Waals surface area contributed by atoms with Crippen LogP contribution in [0.4, 0.5) is 5.69 Å². The van der Waals surface area contributed by atoms with E-state index in [4.69, 9.17) is 0 Å². The fourth-order valence-corrected chi connectivity index (χ4v) is 3.01. The van der Waals surface area contributed by atoms with E-state index in [0.717, 1.165) is 32.9 Å². The van der Waals surface area contributed by atoms with E-state index >= 15 is 0 Å². The summed E-state index contributed by atoms with van der Waals surface area (Å²) < 4.78 is 0. The predicted octanol–water partition coefficient (Wildman–Crippen LogP) is 4.57. The summed E-state index contributed by atoms with van der Waals surface area (Å²) in [6.45, 7) is 0. The highest BCUT2D eigenvalue weighted by Crippen LogP contribution is 2.23. The van der Waals surface area contributed by atoms with Gasteiger partial charge in [0.25, 0.3) is 0 Å². The van der Waals surface area contributed by atoms with Gasteiger partial charge in [-0.05, 0) is 23.1 Å². The zero-order chi connectivity index (χ0) is 16.4. The van der Waals surface area contributed by atoms with Crippen LogP contribution in [-0.4, -0.2) is 10.9 Å². The van der Waals surface area contributed by atoms with E-state index in [2.05, 4.69) is 10.3 Å². The Kier molecular flexibility index (Phi) is 3.67. The van der Waals surface area contributed by atoms with Gasteiger partial charge in [0.1, 0.15) is 0 Å². The van der Waals surface area contributed by atoms with Gasteiger partial charge in [-0.15, -0.1) is 0 Å². The molecule has 3 nitrogen and oxygen atoms in total. The van der Waals surface area contributed by atoms with Crippen LogP contribution >= 0.6 is 0 Å². The molecule has 0 aliphatic heterocycles. The Morgan fingerprint density at radius 3 is 2.54 bits per heavy atom. The number of hydrogen-bond acceptors (Lipinski definition) is 2. The molecule has 0 saturated carbocycles. The zero-order valence-corrected chi connectivity index (χ0v) is 13.1. The SMILES string of the molecule is O=C(Cc1cccc2cccnc12)Nc1cccc2ccccc12. The summed E-state index contributed by atoms with van der Waals surface area (Å²) in [5.41, 5.74) is 2.66. The number of carbonyl (C=O) groups is 1. The second-order valence-corrected chi connectivity index (χ2v) is 5.74. The molecule has 3 heteroatoms. The molecular weight excluding hydrogens is 296 g/mol. The molecule has 4 aromatic rings. The van der Waals surface area contributed by atoms with Gasteiger partial charge in [-0.25, -0.2) is 0 Å². The summed E-state index contributed by atoms with van der Waals surface area (Å²) in [5.74, 6) is -0.0375. The van der Waals surface area contributed by atoms with Crippen molar-refractivity contribution in [2.24, 2.45) is 0 Å². The molecule has 4 rings (SSSR count). The molecular formula is C21H16N2O. The third-order valence-electron chi connectivity index (χ3n) is 4.13. The highest BCUT2D eigenvalue weighted by atomic mass is 16.1. The minimum atomic E-state index is -0.0375.